The van der Waals surface area contributed by atoms with Crippen LogP contribution in [0.5, 0.6) is 0 Å². The van der Waals surface area contributed by atoms with Crippen molar-refractivity contribution in [3.8, 4) is 22.5 Å². The Balaban J connectivity index is 1.87. The highest BCUT2D eigenvalue weighted by molar-refractivity contribution is 5.66. The molecule has 122 valence electrons. The fraction of sp³-hybridized carbons (Fsp3) is 0.0870. The molecule has 3 aromatic carbocycles. The molecule has 0 spiro atoms. The Morgan fingerprint density at radius 3 is 1.80 bits per heavy atom. The van der Waals surface area contributed by atoms with Gasteiger partial charge in [0.1, 0.15) is 12.2 Å². The van der Waals surface area contributed by atoms with Crippen LogP contribution in [0.1, 0.15) is 5.56 Å². The van der Waals surface area contributed by atoms with E-state index in [1.807, 2.05) is 0 Å². The monoisotopic (exact) mass is 325 g/mol. The van der Waals surface area contributed by atoms with E-state index in [2.05, 4.69) is 113 Å². The van der Waals surface area contributed by atoms with Crippen molar-refractivity contribution >= 4 is 0 Å². The van der Waals surface area contributed by atoms with Gasteiger partial charge in [-0.3, -0.25) is 0 Å². The summed E-state index contributed by atoms with van der Waals surface area (Å²) in [5.41, 5.74) is 6.21. The molecule has 1 heterocycles. The summed E-state index contributed by atoms with van der Waals surface area (Å²) in [5.74, 6) is 0. The quantitative estimate of drug-likeness (QED) is 0.481. The Morgan fingerprint density at radius 2 is 1.20 bits per heavy atom. The van der Waals surface area contributed by atoms with Crippen LogP contribution in [-0.2, 0) is 13.6 Å². The van der Waals surface area contributed by atoms with E-state index in [0.717, 1.165) is 6.54 Å². The highest BCUT2D eigenvalue weighted by Crippen LogP contribution is 2.25. The lowest BCUT2D eigenvalue weighted by atomic mass is 10.1. The smallest absolute Gasteiger partial charge is 0.148 e. The molecule has 0 aliphatic heterocycles. The molecule has 2 heteroatoms. The molecule has 0 saturated heterocycles. The zero-order chi connectivity index (χ0) is 17.1. The van der Waals surface area contributed by atoms with Crippen molar-refractivity contribution in [3.05, 3.63) is 103 Å². The average molecular weight is 325 g/mol. The van der Waals surface area contributed by atoms with Gasteiger partial charge >= 0.3 is 0 Å². The van der Waals surface area contributed by atoms with Crippen LogP contribution in [0.2, 0.25) is 0 Å². The normalized spacial score (nSPS) is 10.8. The largest absolute Gasteiger partial charge is 0.238 e. The van der Waals surface area contributed by atoms with Gasteiger partial charge in [-0.05, 0) is 17.7 Å². The zero-order valence-electron chi connectivity index (χ0n) is 14.3. The molecule has 4 aromatic rings. The summed E-state index contributed by atoms with van der Waals surface area (Å²) in [7, 11) is 2.14. The molecule has 0 fully saturated rings. The van der Waals surface area contributed by atoms with Crippen molar-refractivity contribution < 1.29 is 4.68 Å². The van der Waals surface area contributed by atoms with E-state index in [1.165, 1.54) is 28.1 Å². The summed E-state index contributed by atoms with van der Waals surface area (Å²) in [6.07, 6.45) is 0. The summed E-state index contributed by atoms with van der Waals surface area (Å²) in [6.45, 7) is 0.842. The van der Waals surface area contributed by atoms with E-state index in [-0.39, 0.29) is 0 Å². The number of rotatable bonds is 4. The van der Waals surface area contributed by atoms with Gasteiger partial charge in [0.15, 0.2) is 7.05 Å². The second-order valence-electron chi connectivity index (χ2n) is 6.21. The zero-order valence-corrected chi connectivity index (χ0v) is 14.3. The molecule has 4 rings (SSSR count). The summed E-state index contributed by atoms with van der Waals surface area (Å²) in [4.78, 5) is 0. The van der Waals surface area contributed by atoms with E-state index in [9.17, 15) is 0 Å². The third-order valence-electron chi connectivity index (χ3n) is 4.58. The van der Waals surface area contributed by atoms with Gasteiger partial charge < -0.3 is 0 Å². The minimum Gasteiger partial charge on any atom is -0.148 e. The van der Waals surface area contributed by atoms with Crippen molar-refractivity contribution in [1.82, 2.24) is 4.68 Å². The lowest BCUT2D eigenvalue weighted by Gasteiger charge is -2.06. The van der Waals surface area contributed by atoms with Crippen LogP contribution < -0.4 is 4.68 Å². The Morgan fingerprint density at radius 1 is 0.680 bits per heavy atom. The lowest BCUT2D eigenvalue weighted by Crippen LogP contribution is -2.41. The van der Waals surface area contributed by atoms with Gasteiger partial charge in [0, 0.05) is 17.2 Å². The van der Waals surface area contributed by atoms with Crippen LogP contribution in [0.3, 0.4) is 0 Å². The van der Waals surface area contributed by atoms with E-state index in [0.29, 0.717) is 0 Å². The second-order valence-corrected chi connectivity index (χ2v) is 6.21. The molecule has 0 aliphatic carbocycles. The molecule has 0 N–H and O–H groups in total. The van der Waals surface area contributed by atoms with Gasteiger partial charge in [-0.25, -0.2) is 0 Å². The SMILES string of the molecule is C[n+]1c(-c2ccccc2)cc(-c2ccccc2)n1Cc1ccccc1. The second kappa shape index (κ2) is 6.78. The highest BCUT2D eigenvalue weighted by Gasteiger charge is 2.22. The van der Waals surface area contributed by atoms with E-state index < -0.39 is 0 Å². The molecule has 0 unspecified atom stereocenters. The number of aromatic nitrogens is 2. The van der Waals surface area contributed by atoms with Crippen molar-refractivity contribution in [2.45, 2.75) is 6.54 Å². The van der Waals surface area contributed by atoms with Crippen molar-refractivity contribution in [3.63, 3.8) is 0 Å². The molecule has 0 saturated carbocycles. The van der Waals surface area contributed by atoms with Crippen LogP contribution in [0.4, 0.5) is 0 Å². The van der Waals surface area contributed by atoms with E-state index >= 15 is 0 Å². The summed E-state index contributed by atoms with van der Waals surface area (Å²) in [6, 6.07) is 34.1. The molecule has 1 aromatic heterocycles. The number of nitrogens with zero attached hydrogens (tertiary/aromatic N) is 2. The first-order valence-corrected chi connectivity index (χ1v) is 8.57. The summed E-state index contributed by atoms with van der Waals surface area (Å²) in [5, 5.41) is 0. The first-order valence-electron chi connectivity index (χ1n) is 8.57. The molecule has 0 amide bonds. The van der Waals surface area contributed by atoms with Gasteiger partial charge in [0.25, 0.3) is 0 Å². The van der Waals surface area contributed by atoms with Gasteiger partial charge in [0.05, 0.1) is 0 Å². The lowest BCUT2D eigenvalue weighted by molar-refractivity contribution is -0.742. The van der Waals surface area contributed by atoms with Crippen LogP contribution in [0.15, 0.2) is 97.1 Å². The van der Waals surface area contributed by atoms with Crippen molar-refractivity contribution in [1.29, 1.82) is 0 Å². The fourth-order valence-corrected chi connectivity index (χ4v) is 3.26. The maximum absolute atomic E-state index is 2.34. The molecule has 0 aliphatic rings. The number of benzene rings is 3. The predicted octanol–water partition coefficient (Wildman–Crippen LogP) is 4.69. The standard InChI is InChI=1S/C23H21N2/c1-24-22(20-13-7-3-8-14-20)17-23(21-15-9-4-10-16-21)25(24)18-19-11-5-2-6-12-19/h2-17H,18H2,1H3/q+1. The molecule has 25 heavy (non-hydrogen) atoms. The molecular formula is C23H21N2+. The Kier molecular flexibility index (Phi) is 4.17. The minimum absolute atomic E-state index is 0.842. The van der Waals surface area contributed by atoms with Crippen LogP contribution in [0.25, 0.3) is 22.5 Å². The van der Waals surface area contributed by atoms with Gasteiger partial charge in [-0.15, -0.1) is 9.36 Å². The van der Waals surface area contributed by atoms with Gasteiger partial charge in [0.2, 0.25) is 5.69 Å². The molecule has 0 bridgehead atoms. The molecule has 0 atom stereocenters. The first-order chi connectivity index (χ1) is 12.3. The van der Waals surface area contributed by atoms with Crippen molar-refractivity contribution in [2.24, 2.45) is 7.05 Å². The first kappa shape index (κ1) is 15.4. The molecule has 0 radical (unpaired) electrons. The van der Waals surface area contributed by atoms with Crippen LogP contribution in [0, 0.1) is 0 Å². The number of hydrogen-bond donors (Lipinski definition) is 0. The number of hydrogen-bond acceptors (Lipinski definition) is 0. The topological polar surface area (TPSA) is 8.81 Å². The highest BCUT2D eigenvalue weighted by atomic mass is 15.4. The van der Waals surface area contributed by atoms with Crippen molar-refractivity contribution in [2.75, 3.05) is 0 Å². The van der Waals surface area contributed by atoms with Gasteiger partial charge in [-0.2, -0.15) is 0 Å². The summed E-state index contributed by atoms with van der Waals surface area (Å²) < 4.78 is 4.59. The minimum atomic E-state index is 0.842. The Bertz CT molecular complexity index is 955. The van der Waals surface area contributed by atoms with Crippen LogP contribution >= 0.6 is 0 Å². The fourth-order valence-electron chi connectivity index (χ4n) is 3.26. The van der Waals surface area contributed by atoms with E-state index in [1.54, 1.807) is 0 Å². The average Bonchev–Trinajstić information content (AvgIpc) is 3.01. The third kappa shape index (κ3) is 3.11. The molecular weight excluding hydrogens is 304 g/mol. The summed E-state index contributed by atoms with van der Waals surface area (Å²) >= 11 is 0. The maximum atomic E-state index is 2.34. The van der Waals surface area contributed by atoms with Gasteiger partial charge in [-0.1, -0.05) is 78.9 Å². The predicted molar refractivity (Wildman–Crippen MR) is 102 cm³/mol. The molecule has 2 nitrogen and oxygen atoms in total. The third-order valence-corrected chi connectivity index (χ3v) is 4.58. The van der Waals surface area contributed by atoms with Crippen LogP contribution in [-0.4, -0.2) is 4.68 Å². The Hall–Kier alpha value is -3.13. The van der Waals surface area contributed by atoms with E-state index in [4.69, 9.17) is 0 Å². The Labute approximate surface area is 148 Å². The maximum Gasteiger partial charge on any atom is 0.238 e.